The van der Waals surface area contributed by atoms with Crippen LogP contribution < -0.4 is 0 Å². The quantitative estimate of drug-likeness (QED) is 0.830. The molecule has 2 aliphatic rings. The lowest BCUT2D eigenvalue weighted by Gasteiger charge is -2.28. The SMILES string of the molecule is O=C(c1ccc2ncoc2c1)N1CCCN(C(=O)C2CCCCC2)CC1. The first-order valence-corrected chi connectivity index (χ1v) is 9.64. The number of hydrogen-bond donors (Lipinski definition) is 0. The maximum atomic E-state index is 12.9. The second kappa shape index (κ2) is 7.48. The highest BCUT2D eigenvalue weighted by Crippen LogP contribution is 2.26. The van der Waals surface area contributed by atoms with Crippen LogP contribution in [0.25, 0.3) is 11.1 Å². The molecule has 1 aromatic heterocycles. The van der Waals surface area contributed by atoms with Crippen molar-refractivity contribution < 1.29 is 14.0 Å². The highest BCUT2D eigenvalue weighted by atomic mass is 16.3. The van der Waals surface area contributed by atoms with Crippen LogP contribution in [0.1, 0.15) is 48.9 Å². The van der Waals surface area contributed by atoms with Gasteiger partial charge in [-0.2, -0.15) is 0 Å². The first-order valence-electron chi connectivity index (χ1n) is 9.64. The van der Waals surface area contributed by atoms with Crippen LogP contribution in [0.4, 0.5) is 0 Å². The molecular weight excluding hydrogens is 330 g/mol. The van der Waals surface area contributed by atoms with Crippen molar-refractivity contribution in [3.8, 4) is 0 Å². The number of nitrogens with zero attached hydrogens (tertiary/aromatic N) is 3. The average molecular weight is 355 g/mol. The van der Waals surface area contributed by atoms with E-state index in [1.54, 1.807) is 12.1 Å². The minimum absolute atomic E-state index is 0.00438. The van der Waals surface area contributed by atoms with Crippen molar-refractivity contribution in [1.82, 2.24) is 14.8 Å². The van der Waals surface area contributed by atoms with Crippen molar-refractivity contribution in [2.75, 3.05) is 26.2 Å². The zero-order valence-electron chi connectivity index (χ0n) is 15.0. The van der Waals surface area contributed by atoms with E-state index in [0.717, 1.165) is 31.3 Å². The lowest BCUT2D eigenvalue weighted by Crippen LogP contribution is -2.40. The number of aromatic nitrogens is 1. The molecule has 4 rings (SSSR count). The molecule has 0 atom stereocenters. The molecular formula is C20H25N3O3. The molecule has 2 fully saturated rings. The second-order valence-corrected chi connectivity index (χ2v) is 7.34. The molecule has 6 nitrogen and oxygen atoms in total. The van der Waals surface area contributed by atoms with Crippen LogP contribution in [-0.4, -0.2) is 52.8 Å². The molecule has 1 aromatic carbocycles. The molecule has 6 heteroatoms. The van der Waals surface area contributed by atoms with Gasteiger partial charge in [0.1, 0.15) is 5.52 Å². The maximum Gasteiger partial charge on any atom is 0.254 e. The normalized spacial score (nSPS) is 19.5. The average Bonchev–Trinajstić information content (AvgIpc) is 3.02. The number of rotatable bonds is 2. The van der Waals surface area contributed by atoms with Crippen LogP contribution in [0.5, 0.6) is 0 Å². The number of carbonyl (C=O) groups is 2. The van der Waals surface area contributed by atoms with Gasteiger partial charge in [0.05, 0.1) is 0 Å². The summed E-state index contributed by atoms with van der Waals surface area (Å²) in [7, 11) is 0. The summed E-state index contributed by atoms with van der Waals surface area (Å²) in [6, 6.07) is 5.35. The Morgan fingerprint density at radius 2 is 1.73 bits per heavy atom. The van der Waals surface area contributed by atoms with Crippen LogP contribution in [0.2, 0.25) is 0 Å². The van der Waals surface area contributed by atoms with Crippen LogP contribution in [0, 0.1) is 5.92 Å². The number of oxazole rings is 1. The summed E-state index contributed by atoms with van der Waals surface area (Å²) >= 11 is 0. The monoisotopic (exact) mass is 355 g/mol. The van der Waals surface area contributed by atoms with Gasteiger partial charge in [-0.15, -0.1) is 0 Å². The third-order valence-electron chi connectivity index (χ3n) is 5.63. The third-order valence-corrected chi connectivity index (χ3v) is 5.63. The molecule has 0 spiro atoms. The molecule has 1 aliphatic carbocycles. The van der Waals surface area contributed by atoms with Crippen molar-refractivity contribution in [2.24, 2.45) is 5.92 Å². The molecule has 1 saturated heterocycles. The van der Waals surface area contributed by atoms with Crippen molar-refractivity contribution in [3.05, 3.63) is 30.2 Å². The Labute approximate surface area is 153 Å². The third kappa shape index (κ3) is 3.45. The molecule has 0 bridgehead atoms. The van der Waals surface area contributed by atoms with Gasteiger partial charge in [0.15, 0.2) is 12.0 Å². The summed E-state index contributed by atoms with van der Waals surface area (Å²) in [6.07, 6.45) is 7.85. The van der Waals surface area contributed by atoms with E-state index in [9.17, 15) is 9.59 Å². The Balaban J connectivity index is 1.41. The van der Waals surface area contributed by atoms with Gasteiger partial charge in [-0.05, 0) is 37.5 Å². The van der Waals surface area contributed by atoms with E-state index in [1.165, 1.54) is 25.7 Å². The zero-order valence-corrected chi connectivity index (χ0v) is 15.0. The summed E-state index contributed by atoms with van der Waals surface area (Å²) in [5.41, 5.74) is 1.99. The van der Waals surface area contributed by atoms with Gasteiger partial charge in [0.2, 0.25) is 5.91 Å². The van der Waals surface area contributed by atoms with Crippen LogP contribution in [0.3, 0.4) is 0 Å². The highest BCUT2D eigenvalue weighted by molar-refractivity contribution is 5.97. The Bertz CT molecular complexity index is 794. The van der Waals surface area contributed by atoms with Gasteiger partial charge >= 0.3 is 0 Å². The minimum atomic E-state index is -0.00438. The Hall–Kier alpha value is -2.37. The fraction of sp³-hybridized carbons (Fsp3) is 0.550. The Morgan fingerprint density at radius 1 is 0.962 bits per heavy atom. The van der Waals surface area contributed by atoms with Gasteiger partial charge in [-0.25, -0.2) is 4.98 Å². The molecule has 138 valence electrons. The predicted molar refractivity (Wildman–Crippen MR) is 97.7 cm³/mol. The number of fused-ring (bicyclic) bond motifs is 1. The van der Waals surface area contributed by atoms with Crippen LogP contribution in [0.15, 0.2) is 29.0 Å². The van der Waals surface area contributed by atoms with Gasteiger partial charge in [-0.1, -0.05) is 19.3 Å². The fourth-order valence-corrected chi connectivity index (χ4v) is 4.12. The standard InChI is InChI=1S/C20H25N3O3/c24-19(15-5-2-1-3-6-15)22-9-4-10-23(12-11-22)20(25)16-7-8-17-18(13-16)26-14-21-17/h7-8,13-15H,1-6,9-12H2. The van der Waals surface area contributed by atoms with Gasteiger partial charge < -0.3 is 14.2 Å². The van der Waals surface area contributed by atoms with E-state index in [-0.39, 0.29) is 11.8 Å². The first kappa shape index (κ1) is 17.1. The predicted octanol–water partition coefficient (Wildman–Crippen LogP) is 3.08. The van der Waals surface area contributed by atoms with E-state index in [1.807, 2.05) is 15.9 Å². The number of carbonyl (C=O) groups excluding carboxylic acids is 2. The van der Waals surface area contributed by atoms with Crippen molar-refractivity contribution in [1.29, 1.82) is 0 Å². The van der Waals surface area contributed by atoms with Crippen molar-refractivity contribution in [2.45, 2.75) is 38.5 Å². The number of hydrogen-bond acceptors (Lipinski definition) is 4. The summed E-state index contributed by atoms with van der Waals surface area (Å²) in [5.74, 6) is 0.484. The summed E-state index contributed by atoms with van der Waals surface area (Å²) in [4.78, 5) is 33.5. The summed E-state index contributed by atoms with van der Waals surface area (Å²) in [6.45, 7) is 2.65. The van der Waals surface area contributed by atoms with E-state index in [4.69, 9.17) is 4.42 Å². The largest absolute Gasteiger partial charge is 0.443 e. The minimum Gasteiger partial charge on any atom is -0.443 e. The molecule has 0 unspecified atom stereocenters. The van der Waals surface area contributed by atoms with E-state index < -0.39 is 0 Å². The molecule has 0 radical (unpaired) electrons. The molecule has 0 N–H and O–H groups in total. The first-order chi connectivity index (χ1) is 12.7. The molecule has 2 aromatic rings. The number of benzene rings is 1. The van der Waals surface area contributed by atoms with Gasteiger partial charge in [0, 0.05) is 37.7 Å². The topological polar surface area (TPSA) is 66.7 Å². The van der Waals surface area contributed by atoms with Crippen molar-refractivity contribution >= 4 is 22.9 Å². The summed E-state index contributed by atoms with van der Waals surface area (Å²) < 4.78 is 5.30. The molecule has 2 amide bonds. The van der Waals surface area contributed by atoms with E-state index in [0.29, 0.717) is 36.7 Å². The van der Waals surface area contributed by atoms with Crippen LogP contribution in [-0.2, 0) is 4.79 Å². The Kier molecular flexibility index (Phi) is 4.91. The molecule has 26 heavy (non-hydrogen) atoms. The van der Waals surface area contributed by atoms with Gasteiger partial charge in [-0.3, -0.25) is 9.59 Å². The lowest BCUT2D eigenvalue weighted by atomic mass is 9.88. The van der Waals surface area contributed by atoms with Crippen LogP contribution >= 0.6 is 0 Å². The highest BCUT2D eigenvalue weighted by Gasteiger charge is 2.28. The Morgan fingerprint density at radius 3 is 2.58 bits per heavy atom. The molecule has 1 aliphatic heterocycles. The van der Waals surface area contributed by atoms with Crippen molar-refractivity contribution in [3.63, 3.8) is 0 Å². The van der Waals surface area contributed by atoms with Gasteiger partial charge in [0.25, 0.3) is 5.91 Å². The van der Waals surface area contributed by atoms with E-state index >= 15 is 0 Å². The summed E-state index contributed by atoms with van der Waals surface area (Å²) in [5, 5.41) is 0. The lowest BCUT2D eigenvalue weighted by molar-refractivity contribution is -0.136. The number of amides is 2. The molecule has 2 heterocycles. The zero-order chi connectivity index (χ0) is 17.9. The van der Waals surface area contributed by atoms with E-state index in [2.05, 4.69) is 4.98 Å². The maximum absolute atomic E-state index is 12.9. The fourth-order valence-electron chi connectivity index (χ4n) is 4.12. The second-order valence-electron chi connectivity index (χ2n) is 7.34. The molecule has 1 saturated carbocycles. The smallest absolute Gasteiger partial charge is 0.254 e.